The van der Waals surface area contributed by atoms with Crippen molar-refractivity contribution in [3.63, 3.8) is 0 Å². The van der Waals surface area contributed by atoms with Gasteiger partial charge < -0.3 is 10.2 Å². The van der Waals surface area contributed by atoms with Crippen LogP contribution in [0.25, 0.3) is 0 Å². The minimum Gasteiger partial charge on any atom is -0.358 e. The van der Waals surface area contributed by atoms with E-state index in [1.54, 1.807) is 4.68 Å². The molecule has 0 saturated heterocycles. The quantitative estimate of drug-likeness (QED) is 0.848. The molecule has 0 spiro atoms. The van der Waals surface area contributed by atoms with Crippen LogP contribution in [0, 0.1) is 6.92 Å². The summed E-state index contributed by atoms with van der Waals surface area (Å²) in [5.41, 5.74) is 3.21. The van der Waals surface area contributed by atoms with Gasteiger partial charge in [-0.25, -0.2) is 0 Å². The fourth-order valence-electron chi connectivity index (χ4n) is 2.06. The van der Waals surface area contributed by atoms with Crippen molar-refractivity contribution in [3.8, 4) is 0 Å². The summed E-state index contributed by atoms with van der Waals surface area (Å²) in [6.07, 6.45) is 3.99. The van der Waals surface area contributed by atoms with Crippen molar-refractivity contribution in [2.45, 2.75) is 33.5 Å². The van der Waals surface area contributed by atoms with Crippen LogP contribution in [-0.4, -0.2) is 36.6 Å². The maximum absolute atomic E-state index is 5.41. The predicted octanol–water partition coefficient (Wildman–Crippen LogP) is 1.45. The average molecular weight is 306 g/mol. The summed E-state index contributed by atoms with van der Waals surface area (Å²) in [5, 5.41) is 12.8. The van der Waals surface area contributed by atoms with E-state index in [-0.39, 0.29) is 0 Å². The van der Waals surface area contributed by atoms with Crippen molar-refractivity contribution in [3.05, 3.63) is 35.4 Å². The summed E-state index contributed by atoms with van der Waals surface area (Å²) in [5.74, 6) is 0. The van der Waals surface area contributed by atoms with E-state index in [9.17, 15) is 0 Å². The van der Waals surface area contributed by atoms with Gasteiger partial charge in [0.25, 0.3) is 0 Å². The number of thiocarbonyl (C=S) groups is 1. The zero-order chi connectivity index (χ0) is 15.4. The van der Waals surface area contributed by atoms with Crippen molar-refractivity contribution in [2.75, 3.05) is 7.05 Å². The lowest BCUT2D eigenvalue weighted by Crippen LogP contribution is -2.36. The normalized spacial score (nSPS) is 10.7. The highest BCUT2D eigenvalue weighted by Gasteiger charge is 2.09. The lowest BCUT2D eigenvalue weighted by molar-refractivity contribution is 0.477. The molecule has 2 rings (SSSR count). The number of nitrogens with one attached hydrogen (secondary N) is 1. The smallest absolute Gasteiger partial charge is 0.169 e. The van der Waals surface area contributed by atoms with Crippen LogP contribution >= 0.6 is 12.2 Å². The Morgan fingerprint density at radius 1 is 1.43 bits per heavy atom. The van der Waals surface area contributed by atoms with Crippen molar-refractivity contribution in [1.29, 1.82) is 0 Å². The number of hydrogen-bond acceptors (Lipinski definition) is 3. The molecule has 0 aromatic carbocycles. The molecule has 0 aliphatic rings. The minimum atomic E-state index is 0.692. The number of hydrogen-bond donors (Lipinski definition) is 1. The number of aromatic nitrogens is 4. The molecule has 0 unspecified atom stereocenters. The van der Waals surface area contributed by atoms with Gasteiger partial charge in [-0.3, -0.25) is 9.36 Å². The fourth-order valence-corrected chi connectivity index (χ4v) is 2.20. The van der Waals surface area contributed by atoms with E-state index in [2.05, 4.69) is 28.6 Å². The van der Waals surface area contributed by atoms with E-state index in [0.717, 1.165) is 17.9 Å². The van der Waals surface area contributed by atoms with Crippen LogP contribution in [0.15, 0.2) is 18.5 Å². The van der Waals surface area contributed by atoms with Crippen molar-refractivity contribution in [2.24, 2.45) is 7.05 Å². The molecule has 2 aromatic rings. The molecule has 6 nitrogen and oxygen atoms in total. The Morgan fingerprint density at radius 2 is 2.19 bits per heavy atom. The second kappa shape index (κ2) is 6.71. The Hall–Kier alpha value is -1.89. The molecule has 114 valence electrons. The van der Waals surface area contributed by atoms with Crippen LogP contribution in [0.2, 0.25) is 0 Å². The predicted molar refractivity (Wildman–Crippen MR) is 86.8 cm³/mol. The summed E-state index contributed by atoms with van der Waals surface area (Å²) >= 11 is 5.41. The zero-order valence-corrected chi connectivity index (χ0v) is 13.8. The molecular weight excluding hydrogens is 284 g/mol. The lowest BCUT2D eigenvalue weighted by Gasteiger charge is -2.19. The summed E-state index contributed by atoms with van der Waals surface area (Å²) in [6.45, 7) is 6.36. The van der Waals surface area contributed by atoms with Gasteiger partial charge in [0.1, 0.15) is 0 Å². The van der Waals surface area contributed by atoms with Crippen LogP contribution in [0.4, 0.5) is 0 Å². The molecule has 21 heavy (non-hydrogen) atoms. The largest absolute Gasteiger partial charge is 0.358 e. The van der Waals surface area contributed by atoms with Gasteiger partial charge in [0.2, 0.25) is 0 Å². The third kappa shape index (κ3) is 4.04. The van der Waals surface area contributed by atoms with Crippen molar-refractivity contribution in [1.82, 2.24) is 29.8 Å². The van der Waals surface area contributed by atoms with Crippen LogP contribution in [0.5, 0.6) is 0 Å². The SMILES string of the molecule is CCn1cc(CNC(=S)N(C)Cc2ccn(C)n2)c(C)n1. The van der Waals surface area contributed by atoms with E-state index in [1.807, 2.05) is 42.9 Å². The topological polar surface area (TPSA) is 50.9 Å². The van der Waals surface area contributed by atoms with Gasteiger partial charge in [0, 0.05) is 45.1 Å². The van der Waals surface area contributed by atoms with Gasteiger partial charge in [-0.15, -0.1) is 0 Å². The van der Waals surface area contributed by atoms with Gasteiger partial charge in [-0.05, 0) is 32.1 Å². The molecule has 0 aliphatic heterocycles. The Kier molecular flexibility index (Phi) is 4.95. The van der Waals surface area contributed by atoms with Crippen LogP contribution in [-0.2, 0) is 26.7 Å². The number of nitrogens with zero attached hydrogens (tertiary/aromatic N) is 5. The van der Waals surface area contributed by atoms with Gasteiger partial charge in [-0.1, -0.05) is 0 Å². The second-order valence-corrected chi connectivity index (χ2v) is 5.48. The first-order chi connectivity index (χ1) is 9.99. The summed E-state index contributed by atoms with van der Waals surface area (Å²) in [4.78, 5) is 1.98. The summed E-state index contributed by atoms with van der Waals surface area (Å²) in [6, 6.07) is 1.99. The fraction of sp³-hybridized carbons (Fsp3) is 0.500. The van der Waals surface area contributed by atoms with Crippen molar-refractivity contribution < 1.29 is 0 Å². The number of aryl methyl sites for hydroxylation is 3. The molecule has 0 amide bonds. The molecule has 0 bridgehead atoms. The highest BCUT2D eigenvalue weighted by atomic mass is 32.1. The van der Waals surface area contributed by atoms with Crippen LogP contribution in [0.3, 0.4) is 0 Å². The van der Waals surface area contributed by atoms with Crippen molar-refractivity contribution >= 4 is 17.3 Å². The summed E-state index contributed by atoms with van der Waals surface area (Å²) < 4.78 is 3.73. The summed E-state index contributed by atoms with van der Waals surface area (Å²) in [7, 11) is 3.88. The maximum Gasteiger partial charge on any atom is 0.169 e. The van der Waals surface area contributed by atoms with Crippen LogP contribution < -0.4 is 5.32 Å². The van der Waals surface area contributed by atoms with Gasteiger partial charge >= 0.3 is 0 Å². The molecule has 0 radical (unpaired) electrons. The monoisotopic (exact) mass is 306 g/mol. The van der Waals surface area contributed by atoms with Gasteiger partial charge in [0.15, 0.2) is 5.11 Å². The third-order valence-corrected chi connectivity index (χ3v) is 3.77. The molecule has 0 aliphatic carbocycles. The zero-order valence-electron chi connectivity index (χ0n) is 13.0. The Bertz CT molecular complexity index is 615. The molecule has 7 heteroatoms. The average Bonchev–Trinajstić information content (AvgIpc) is 3.02. The third-order valence-electron chi connectivity index (χ3n) is 3.32. The Balaban J connectivity index is 1.87. The van der Waals surface area contributed by atoms with Gasteiger partial charge in [-0.2, -0.15) is 10.2 Å². The van der Waals surface area contributed by atoms with Crippen LogP contribution in [0.1, 0.15) is 23.9 Å². The number of rotatable bonds is 5. The molecule has 0 fully saturated rings. The van der Waals surface area contributed by atoms with E-state index in [4.69, 9.17) is 12.2 Å². The molecule has 0 saturated carbocycles. The first-order valence-corrected chi connectivity index (χ1v) is 7.40. The van der Waals surface area contributed by atoms with Gasteiger partial charge in [0.05, 0.1) is 17.9 Å². The Morgan fingerprint density at radius 3 is 2.76 bits per heavy atom. The highest BCUT2D eigenvalue weighted by molar-refractivity contribution is 7.80. The lowest BCUT2D eigenvalue weighted by atomic mass is 10.3. The Labute approximate surface area is 130 Å². The standard InChI is InChI=1S/C14H22N6S/c1-5-20-9-12(11(2)16-20)8-15-14(21)18(3)10-13-6-7-19(4)17-13/h6-7,9H,5,8,10H2,1-4H3,(H,15,21). The second-order valence-electron chi connectivity index (χ2n) is 5.09. The van der Waals surface area contributed by atoms with E-state index < -0.39 is 0 Å². The van der Waals surface area contributed by atoms with E-state index in [1.165, 1.54) is 5.56 Å². The van der Waals surface area contributed by atoms with E-state index in [0.29, 0.717) is 18.2 Å². The molecular formula is C14H22N6S. The maximum atomic E-state index is 5.41. The highest BCUT2D eigenvalue weighted by Crippen LogP contribution is 2.06. The van der Waals surface area contributed by atoms with E-state index >= 15 is 0 Å². The first-order valence-electron chi connectivity index (χ1n) is 7.00. The molecule has 2 heterocycles. The molecule has 2 aromatic heterocycles. The minimum absolute atomic E-state index is 0.692. The first kappa shape index (κ1) is 15.5. The molecule has 1 N–H and O–H groups in total. The molecule has 0 atom stereocenters.